The quantitative estimate of drug-likeness (QED) is 0.738. The summed E-state index contributed by atoms with van der Waals surface area (Å²) < 4.78 is 7.52. The van der Waals surface area contributed by atoms with Crippen molar-refractivity contribution in [2.24, 2.45) is 0 Å². The molecule has 2 aromatic rings. The van der Waals surface area contributed by atoms with Crippen LogP contribution >= 0.6 is 0 Å². The number of aryl methyl sites for hydroxylation is 1. The van der Waals surface area contributed by atoms with E-state index in [0.29, 0.717) is 6.04 Å². The summed E-state index contributed by atoms with van der Waals surface area (Å²) in [7, 11) is 1.73. The Hall–Kier alpha value is -1.89. The first kappa shape index (κ1) is 21.8. The Bertz CT molecular complexity index is 817. The average molecular weight is 401 g/mol. The van der Waals surface area contributed by atoms with Gasteiger partial charge in [-0.15, -0.1) is 0 Å². The summed E-state index contributed by atoms with van der Waals surface area (Å²) in [6.45, 7) is 14.6. The van der Waals surface area contributed by atoms with E-state index in [1.54, 1.807) is 7.11 Å². The molecule has 1 saturated heterocycles. The fourth-order valence-electron chi connectivity index (χ4n) is 4.40. The van der Waals surface area contributed by atoms with Crippen molar-refractivity contribution in [1.82, 2.24) is 19.6 Å². The van der Waals surface area contributed by atoms with Crippen LogP contribution in [0.25, 0.3) is 0 Å². The molecule has 6 heteroatoms. The number of nitrogens with zero attached hydrogens (tertiary/aromatic N) is 4. The molecule has 0 saturated carbocycles. The average Bonchev–Trinajstić information content (AvgIpc) is 3.07. The summed E-state index contributed by atoms with van der Waals surface area (Å²) in [6.07, 6.45) is 2.81. The van der Waals surface area contributed by atoms with E-state index in [9.17, 15) is 5.11 Å². The number of hydrogen-bond acceptors (Lipinski definition) is 5. The molecule has 0 amide bonds. The highest BCUT2D eigenvalue weighted by atomic mass is 16.5. The topological polar surface area (TPSA) is 53.8 Å². The van der Waals surface area contributed by atoms with Crippen molar-refractivity contribution in [3.63, 3.8) is 0 Å². The number of hydrogen-bond donors (Lipinski definition) is 1. The molecule has 160 valence electrons. The van der Waals surface area contributed by atoms with Crippen LogP contribution in [0.2, 0.25) is 0 Å². The molecule has 29 heavy (non-hydrogen) atoms. The van der Waals surface area contributed by atoms with Crippen LogP contribution in [0.4, 0.5) is 0 Å². The zero-order valence-electron chi connectivity index (χ0n) is 18.6. The van der Waals surface area contributed by atoms with Crippen molar-refractivity contribution in [2.75, 3.05) is 33.4 Å². The molecular weight excluding hydrogens is 364 g/mol. The molecule has 1 aromatic heterocycles. The minimum atomic E-state index is 0.225. The first-order chi connectivity index (χ1) is 14.0. The van der Waals surface area contributed by atoms with Crippen molar-refractivity contribution in [2.45, 2.75) is 59.8 Å². The Morgan fingerprint density at radius 2 is 1.90 bits per heavy atom. The highest BCUT2D eigenvalue weighted by molar-refractivity contribution is 5.43. The van der Waals surface area contributed by atoms with Gasteiger partial charge in [0.2, 0.25) is 0 Å². The molecule has 2 heterocycles. The van der Waals surface area contributed by atoms with Gasteiger partial charge in [0.15, 0.2) is 0 Å². The van der Waals surface area contributed by atoms with Gasteiger partial charge in [0.05, 0.1) is 13.3 Å². The molecule has 6 nitrogen and oxygen atoms in total. The maximum atomic E-state index is 9.65. The summed E-state index contributed by atoms with van der Waals surface area (Å²) in [5.41, 5.74) is 6.44. The van der Waals surface area contributed by atoms with Crippen molar-refractivity contribution in [1.29, 1.82) is 0 Å². The van der Waals surface area contributed by atoms with Crippen molar-refractivity contribution >= 4 is 0 Å². The van der Waals surface area contributed by atoms with Gasteiger partial charge in [0, 0.05) is 63.2 Å². The highest BCUT2D eigenvalue weighted by Crippen LogP contribution is 2.26. The molecule has 1 aromatic carbocycles. The molecule has 1 atom stereocenters. The Labute approximate surface area is 175 Å². The Morgan fingerprint density at radius 3 is 2.55 bits per heavy atom. The van der Waals surface area contributed by atoms with Crippen LogP contribution in [-0.4, -0.2) is 64.1 Å². The van der Waals surface area contributed by atoms with E-state index < -0.39 is 0 Å². The third-order valence-corrected chi connectivity index (χ3v) is 6.49. The Balaban J connectivity index is 1.69. The second-order valence-electron chi connectivity index (χ2n) is 8.12. The molecule has 3 rings (SSSR count). The molecule has 1 N–H and O–H groups in total. The van der Waals surface area contributed by atoms with Crippen LogP contribution in [-0.2, 0) is 19.6 Å². The van der Waals surface area contributed by atoms with Gasteiger partial charge in [0.25, 0.3) is 0 Å². The fraction of sp³-hybridized carbons (Fsp3) is 0.609. The van der Waals surface area contributed by atoms with Crippen molar-refractivity contribution < 1.29 is 9.84 Å². The van der Waals surface area contributed by atoms with Gasteiger partial charge in [-0.2, -0.15) is 5.10 Å². The van der Waals surface area contributed by atoms with Gasteiger partial charge in [0.1, 0.15) is 5.75 Å². The standard InChI is InChI=1S/C23H36N4O2/c1-6-27-19(4)21(13-24-27)14-25-10-11-26(22(16-25)9-12-28)15-20-7-8-23(29-5)18(3)17(20)2/h7-8,13,22,28H,6,9-12,14-16H2,1-5H3/t22-/m1/s1. The summed E-state index contributed by atoms with van der Waals surface area (Å²) in [5, 5.41) is 14.1. The number of aliphatic hydroxyl groups is 1. The summed E-state index contributed by atoms with van der Waals surface area (Å²) >= 11 is 0. The number of piperazine rings is 1. The normalized spacial score (nSPS) is 18.3. The lowest BCUT2D eigenvalue weighted by Crippen LogP contribution is -2.52. The van der Waals surface area contributed by atoms with Gasteiger partial charge in [-0.05, 0) is 56.9 Å². The van der Waals surface area contributed by atoms with E-state index in [0.717, 1.165) is 51.4 Å². The smallest absolute Gasteiger partial charge is 0.122 e. The molecule has 0 spiro atoms. The number of rotatable bonds is 8. The molecular formula is C23H36N4O2. The summed E-state index contributed by atoms with van der Waals surface area (Å²) in [5.74, 6) is 0.950. The lowest BCUT2D eigenvalue weighted by atomic mass is 10.00. The van der Waals surface area contributed by atoms with E-state index in [1.807, 2.05) is 6.20 Å². The molecule has 1 fully saturated rings. The Kier molecular flexibility index (Phi) is 7.33. The van der Waals surface area contributed by atoms with Gasteiger partial charge < -0.3 is 9.84 Å². The van der Waals surface area contributed by atoms with Crippen LogP contribution in [0, 0.1) is 20.8 Å². The molecule has 0 bridgehead atoms. The van der Waals surface area contributed by atoms with Gasteiger partial charge in [-0.3, -0.25) is 14.5 Å². The summed E-state index contributed by atoms with van der Waals surface area (Å²) in [6, 6.07) is 4.62. The fourth-order valence-corrected chi connectivity index (χ4v) is 4.40. The van der Waals surface area contributed by atoms with Gasteiger partial charge in [-0.1, -0.05) is 6.07 Å². The second kappa shape index (κ2) is 9.74. The van der Waals surface area contributed by atoms with E-state index >= 15 is 0 Å². The molecule has 0 unspecified atom stereocenters. The minimum absolute atomic E-state index is 0.225. The van der Waals surface area contributed by atoms with E-state index in [2.05, 4.69) is 59.4 Å². The first-order valence-electron chi connectivity index (χ1n) is 10.7. The molecule has 0 aliphatic carbocycles. The number of ether oxygens (including phenoxy) is 1. The summed E-state index contributed by atoms with van der Waals surface area (Å²) in [4.78, 5) is 5.04. The molecule has 1 aliphatic rings. The predicted molar refractivity (Wildman–Crippen MR) is 116 cm³/mol. The van der Waals surface area contributed by atoms with Crippen LogP contribution < -0.4 is 4.74 Å². The highest BCUT2D eigenvalue weighted by Gasteiger charge is 2.27. The third kappa shape index (κ3) is 4.82. The third-order valence-electron chi connectivity index (χ3n) is 6.49. The molecule has 0 radical (unpaired) electrons. The first-order valence-corrected chi connectivity index (χ1v) is 10.7. The van der Waals surface area contributed by atoms with E-state index in [4.69, 9.17) is 4.74 Å². The predicted octanol–water partition coefficient (Wildman–Crippen LogP) is 2.91. The van der Waals surface area contributed by atoms with Crippen molar-refractivity contribution in [3.05, 3.63) is 46.3 Å². The zero-order chi connectivity index (χ0) is 21.0. The maximum absolute atomic E-state index is 9.65. The lowest BCUT2D eigenvalue weighted by molar-refractivity contribution is 0.0497. The van der Waals surface area contributed by atoms with E-state index in [1.165, 1.54) is 27.9 Å². The lowest BCUT2D eigenvalue weighted by Gasteiger charge is -2.41. The molecule has 1 aliphatic heterocycles. The minimum Gasteiger partial charge on any atom is -0.496 e. The number of aliphatic hydroxyl groups excluding tert-OH is 1. The number of benzene rings is 1. The monoisotopic (exact) mass is 400 g/mol. The van der Waals surface area contributed by atoms with Gasteiger partial charge >= 0.3 is 0 Å². The van der Waals surface area contributed by atoms with Crippen LogP contribution in [0.3, 0.4) is 0 Å². The number of aromatic nitrogens is 2. The van der Waals surface area contributed by atoms with Crippen LogP contribution in [0.15, 0.2) is 18.3 Å². The zero-order valence-corrected chi connectivity index (χ0v) is 18.6. The number of methoxy groups -OCH3 is 1. The van der Waals surface area contributed by atoms with Crippen molar-refractivity contribution in [3.8, 4) is 5.75 Å². The van der Waals surface area contributed by atoms with Crippen LogP contribution in [0.5, 0.6) is 5.75 Å². The van der Waals surface area contributed by atoms with Gasteiger partial charge in [-0.25, -0.2) is 0 Å². The largest absolute Gasteiger partial charge is 0.496 e. The van der Waals surface area contributed by atoms with E-state index in [-0.39, 0.29) is 6.61 Å². The van der Waals surface area contributed by atoms with Crippen LogP contribution in [0.1, 0.15) is 41.3 Å². The maximum Gasteiger partial charge on any atom is 0.122 e. The second-order valence-corrected chi connectivity index (χ2v) is 8.12. The SMILES string of the molecule is CCn1ncc(CN2CCN(Cc3ccc(OC)c(C)c3C)[C@H](CCO)C2)c1C. The Morgan fingerprint density at radius 1 is 1.10 bits per heavy atom.